The summed E-state index contributed by atoms with van der Waals surface area (Å²) in [5.41, 5.74) is -0.625. The Morgan fingerprint density at radius 2 is 1.85 bits per heavy atom. The topological polar surface area (TPSA) is 70.1 Å². The maximum atomic E-state index is 13.5. The highest BCUT2D eigenvalue weighted by atomic mass is 32.1. The minimum absolute atomic E-state index is 0.00590. The van der Waals surface area contributed by atoms with Crippen LogP contribution >= 0.6 is 11.3 Å². The zero-order chi connectivity index (χ0) is 23.8. The van der Waals surface area contributed by atoms with E-state index in [-0.39, 0.29) is 24.2 Å². The van der Waals surface area contributed by atoms with Gasteiger partial charge in [0, 0.05) is 41.0 Å². The van der Waals surface area contributed by atoms with Crippen molar-refractivity contribution in [2.75, 3.05) is 50.8 Å². The smallest absolute Gasteiger partial charge is 0.416 e. The van der Waals surface area contributed by atoms with Crippen LogP contribution in [0.2, 0.25) is 0 Å². The average Bonchev–Trinajstić information content (AvgIpc) is 2.81. The van der Waals surface area contributed by atoms with Crippen LogP contribution in [0.5, 0.6) is 0 Å². The number of aliphatic hydroxyl groups excluding tert-OH is 1. The first kappa shape index (κ1) is 23.5. The Morgan fingerprint density at radius 1 is 1.12 bits per heavy atom. The van der Waals surface area contributed by atoms with E-state index in [1.54, 1.807) is 6.07 Å². The minimum atomic E-state index is -4.56. The molecule has 3 aromatic rings. The van der Waals surface area contributed by atoms with Crippen LogP contribution in [0.4, 0.5) is 18.9 Å². The summed E-state index contributed by atoms with van der Waals surface area (Å²) in [6, 6.07) is 6.24. The number of hydrogen-bond donors (Lipinski definition) is 1. The van der Waals surface area contributed by atoms with Gasteiger partial charge in [-0.25, -0.2) is 4.79 Å². The van der Waals surface area contributed by atoms with Crippen LogP contribution in [0, 0.1) is 0 Å². The number of rotatable bonds is 5. The summed E-state index contributed by atoms with van der Waals surface area (Å²) in [4.78, 5) is 30.2. The van der Waals surface area contributed by atoms with Gasteiger partial charge in [-0.15, -0.1) is 11.3 Å². The van der Waals surface area contributed by atoms with Crippen LogP contribution < -0.4 is 10.3 Å². The van der Waals surface area contributed by atoms with Crippen LogP contribution in [0.25, 0.3) is 20.2 Å². The third-order valence-electron chi connectivity index (χ3n) is 5.80. The van der Waals surface area contributed by atoms with E-state index < -0.39 is 23.1 Å². The van der Waals surface area contributed by atoms with Gasteiger partial charge in [-0.2, -0.15) is 13.2 Å². The fourth-order valence-electron chi connectivity index (χ4n) is 4.03. The zero-order valence-corrected chi connectivity index (χ0v) is 18.8. The first-order valence-corrected chi connectivity index (χ1v) is 11.4. The average molecular weight is 481 g/mol. The number of esters is 1. The predicted octanol–water partition coefficient (Wildman–Crippen LogP) is 3.72. The summed E-state index contributed by atoms with van der Waals surface area (Å²) in [6.45, 7) is 5.24. The van der Waals surface area contributed by atoms with Crippen molar-refractivity contribution < 1.29 is 27.8 Å². The molecule has 33 heavy (non-hydrogen) atoms. The molecule has 1 saturated heterocycles. The SMILES string of the molecule is CCN1CCN(c2cc(C(=O)OCCO)cc3sc4ccc(C(F)(F)F)cc4c(=O)c23)CC1. The summed E-state index contributed by atoms with van der Waals surface area (Å²) in [7, 11) is 0. The van der Waals surface area contributed by atoms with Crippen molar-refractivity contribution in [3.63, 3.8) is 0 Å². The van der Waals surface area contributed by atoms with Crippen LogP contribution in [0.3, 0.4) is 0 Å². The fraction of sp³-hybridized carbons (Fsp3) is 0.391. The van der Waals surface area contributed by atoms with Crippen LogP contribution in [-0.2, 0) is 10.9 Å². The summed E-state index contributed by atoms with van der Waals surface area (Å²) >= 11 is 1.16. The maximum absolute atomic E-state index is 13.5. The monoisotopic (exact) mass is 480 g/mol. The van der Waals surface area contributed by atoms with Crippen molar-refractivity contribution in [3.05, 3.63) is 51.7 Å². The highest BCUT2D eigenvalue weighted by Crippen LogP contribution is 2.36. The van der Waals surface area contributed by atoms with Crippen molar-refractivity contribution >= 4 is 43.2 Å². The maximum Gasteiger partial charge on any atom is 0.416 e. The molecule has 1 aromatic heterocycles. The number of carbonyl (C=O) groups excluding carboxylic acids is 1. The number of nitrogens with zero attached hydrogens (tertiary/aromatic N) is 2. The van der Waals surface area contributed by atoms with E-state index in [0.29, 0.717) is 33.6 Å². The van der Waals surface area contributed by atoms with Crippen molar-refractivity contribution in [3.8, 4) is 0 Å². The molecular formula is C23H23F3N2O4S. The number of halogens is 3. The molecule has 0 aliphatic carbocycles. The Bertz CT molecular complexity index is 1250. The number of benzene rings is 2. The first-order chi connectivity index (χ1) is 15.7. The molecule has 0 unspecified atom stereocenters. The Balaban J connectivity index is 1.92. The lowest BCUT2D eigenvalue weighted by atomic mass is 10.1. The van der Waals surface area contributed by atoms with E-state index in [4.69, 9.17) is 9.84 Å². The molecule has 4 rings (SSSR count). The molecule has 1 N–H and O–H groups in total. The number of ether oxygens (including phenoxy) is 1. The lowest BCUT2D eigenvalue weighted by Gasteiger charge is -2.36. The van der Waals surface area contributed by atoms with Gasteiger partial charge in [-0.3, -0.25) is 4.79 Å². The second kappa shape index (κ2) is 9.28. The Hall–Kier alpha value is -2.69. The Kier molecular flexibility index (Phi) is 6.60. The lowest BCUT2D eigenvalue weighted by molar-refractivity contribution is -0.137. The van der Waals surface area contributed by atoms with E-state index in [1.807, 2.05) is 4.90 Å². The van der Waals surface area contributed by atoms with Gasteiger partial charge < -0.3 is 19.6 Å². The molecule has 10 heteroatoms. The lowest BCUT2D eigenvalue weighted by Crippen LogP contribution is -2.46. The molecule has 2 aromatic carbocycles. The molecule has 0 spiro atoms. The van der Waals surface area contributed by atoms with E-state index in [2.05, 4.69) is 11.8 Å². The van der Waals surface area contributed by atoms with Gasteiger partial charge in [0.1, 0.15) is 6.61 Å². The molecule has 0 radical (unpaired) electrons. The van der Waals surface area contributed by atoms with Crippen molar-refractivity contribution in [1.29, 1.82) is 0 Å². The number of likely N-dealkylation sites (N-methyl/N-ethyl adjacent to an activating group) is 1. The quantitative estimate of drug-likeness (QED) is 0.444. The second-order valence-corrected chi connectivity index (χ2v) is 8.87. The molecule has 6 nitrogen and oxygen atoms in total. The number of hydrogen-bond acceptors (Lipinski definition) is 7. The molecular weight excluding hydrogens is 457 g/mol. The van der Waals surface area contributed by atoms with E-state index in [0.717, 1.165) is 43.1 Å². The minimum Gasteiger partial charge on any atom is -0.460 e. The molecule has 0 bridgehead atoms. The van der Waals surface area contributed by atoms with Gasteiger partial charge in [-0.1, -0.05) is 6.92 Å². The van der Waals surface area contributed by atoms with Crippen molar-refractivity contribution in [2.45, 2.75) is 13.1 Å². The Labute approximate surface area is 191 Å². The molecule has 176 valence electrons. The van der Waals surface area contributed by atoms with Gasteiger partial charge in [0.25, 0.3) is 0 Å². The molecule has 1 aliphatic heterocycles. The van der Waals surface area contributed by atoms with Gasteiger partial charge in [0.15, 0.2) is 5.43 Å². The fourth-order valence-corrected chi connectivity index (χ4v) is 5.15. The number of piperazine rings is 1. The van der Waals surface area contributed by atoms with Crippen molar-refractivity contribution in [1.82, 2.24) is 4.90 Å². The number of anilines is 1. The number of aliphatic hydroxyl groups is 1. The molecule has 0 amide bonds. The highest BCUT2D eigenvalue weighted by molar-refractivity contribution is 7.24. The first-order valence-electron chi connectivity index (χ1n) is 10.6. The third-order valence-corrected chi connectivity index (χ3v) is 6.92. The van der Waals surface area contributed by atoms with Crippen LogP contribution in [-0.4, -0.2) is 61.9 Å². The summed E-state index contributed by atoms with van der Waals surface area (Å²) in [6.07, 6.45) is -4.56. The number of alkyl halides is 3. The van der Waals surface area contributed by atoms with E-state index in [1.165, 1.54) is 12.1 Å². The largest absolute Gasteiger partial charge is 0.460 e. The van der Waals surface area contributed by atoms with Crippen LogP contribution in [0.15, 0.2) is 35.1 Å². The molecule has 0 saturated carbocycles. The van der Waals surface area contributed by atoms with Gasteiger partial charge >= 0.3 is 12.1 Å². The third kappa shape index (κ3) is 4.68. The normalized spacial score (nSPS) is 15.4. The number of carbonyl (C=O) groups is 1. The predicted molar refractivity (Wildman–Crippen MR) is 122 cm³/mol. The van der Waals surface area contributed by atoms with Gasteiger partial charge in [-0.05, 0) is 36.9 Å². The molecule has 1 fully saturated rings. The zero-order valence-electron chi connectivity index (χ0n) is 17.9. The summed E-state index contributed by atoms with van der Waals surface area (Å²) < 4.78 is 45.8. The van der Waals surface area contributed by atoms with Gasteiger partial charge in [0.05, 0.1) is 28.8 Å². The standard InChI is InChI=1S/C23H23F3N2O4S/c1-2-27-5-7-28(8-6-27)17-11-14(22(31)32-10-9-29)12-19-20(17)21(30)16-13-15(23(24,25)26)3-4-18(16)33-19/h3-4,11-13,29H,2,5-10H2,1H3. The molecule has 2 heterocycles. The second-order valence-electron chi connectivity index (χ2n) is 7.79. The molecule has 0 atom stereocenters. The van der Waals surface area contributed by atoms with Gasteiger partial charge in [0.2, 0.25) is 0 Å². The van der Waals surface area contributed by atoms with Crippen molar-refractivity contribution in [2.24, 2.45) is 0 Å². The Morgan fingerprint density at radius 3 is 2.48 bits per heavy atom. The van der Waals surface area contributed by atoms with E-state index >= 15 is 0 Å². The van der Waals surface area contributed by atoms with Crippen LogP contribution in [0.1, 0.15) is 22.8 Å². The summed E-state index contributed by atoms with van der Waals surface area (Å²) in [5, 5.41) is 9.27. The number of fused-ring (bicyclic) bond motifs is 2. The summed E-state index contributed by atoms with van der Waals surface area (Å²) in [5.74, 6) is -0.633. The molecule has 1 aliphatic rings. The van der Waals surface area contributed by atoms with E-state index in [9.17, 15) is 22.8 Å². The highest BCUT2D eigenvalue weighted by Gasteiger charge is 2.31.